The van der Waals surface area contributed by atoms with Gasteiger partial charge in [0, 0.05) is 73.7 Å². The molecule has 0 aromatic heterocycles. The molecule has 22 nitrogen and oxygen atoms in total. The first kappa shape index (κ1) is 78.7. The highest BCUT2D eigenvalue weighted by Crippen LogP contribution is 2.44. The maximum atomic E-state index is 15.1. The highest BCUT2D eigenvalue weighted by Gasteiger charge is 2.49. The van der Waals surface area contributed by atoms with Gasteiger partial charge in [-0.05, 0) is 114 Å². The number of nitrogens with one attached hydrogen (secondary N) is 3. The summed E-state index contributed by atoms with van der Waals surface area (Å²) in [6.45, 7) is 16.4. The van der Waals surface area contributed by atoms with Crippen LogP contribution in [-0.2, 0) is 52.7 Å². The standard InChI is InChI=1S/C66H111ClF3N11O11/c1-18-42(8)56-62(90)76(13)37-54(84)74(11)38-55(85)79(16)51(34-44-23-20-19-21-24-44)61(89)75(12)36-52(82)71-48(29-27-45-26-28-46(47(67)33-45)66(68,69)70)60(88)81-30-22-25-49(81)59(87)73-65(10,35-40(4)5)64(92)80(17)57(41(6)7)63(91)77(14)43(9)32-53(83)78(15)50(31-39(2)3)58(86)72-56/h39-51,56-57H,18-38H2,1-17H3,(H,71,82)(H,72,86)(H,73,87)/t42-,43+,45?,46?,47?,48?,49-,50-,51-,56-,57-,65-/m0/s1. The Morgan fingerprint density at radius 3 is 1.77 bits per heavy atom. The molecule has 4 aliphatic rings. The molecule has 2 aliphatic heterocycles. The van der Waals surface area contributed by atoms with Crippen molar-refractivity contribution in [1.29, 1.82) is 0 Å². The van der Waals surface area contributed by atoms with E-state index in [-0.39, 0.29) is 94.4 Å². The van der Waals surface area contributed by atoms with Crippen LogP contribution >= 0.6 is 11.6 Å². The van der Waals surface area contributed by atoms with Gasteiger partial charge in [-0.2, -0.15) is 13.2 Å². The van der Waals surface area contributed by atoms with Crippen molar-refractivity contribution in [2.75, 3.05) is 75.5 Å². The predicted molar refractivity (Wildman–Crippen MR) is 345 cm³/mol. The summed E-state index contributed by atoms with van der Waals surface area (Å²) in [4.78, 5) is 171. The molecule has 3 N–H and O–H groups in total. The van der Waals surface area contributed by atoms with E-state index in [4.69, 9.17) is 11.6 Å². The van der Waals surface area contributed by atoms with E-state index in [0.717, 1.165) is 41.9 Å². The van der Waals surface area contributed by atoms with E-state index in [1.807, 2.05) is 34.6 Å². The summed E-state index contributed by atoms with van der Waals surface area (Å²) in [5.74, 6) is -9.91. The van der Waals surface area contributed by atoms with Crippen LogP contribution in [0.2, 0.25) is 0 Å². The van der Waals surface area contributed by atoms with Crippen molar-refractivity contribution in [2.45, 2.75) is 238 Å². The van der Waals surface area contributed by atoms with Crippen LogP contribution in [0.3, 0.4) is 0 Å². The molecule has 26 heteroatoms. The zero-order chi connectivity index (χ0) is 69.6. The molecule has 2 saturated carbocycles. The van der Waals surface area contributed by atoms with Crippen LogP contribution < -0.4 is 16.0 Å². The fourth-order valence-electron chi connectivity index (χ4n) is 13.9. The van der Waals surface area contributed by atoms with Crippen molar-refractivity contribution in [3.05, 3.63) is 0 Å². The summed E-state index contributed by atoms with van der Waals surface area (Å²) >= 11 is 6.37. The lowest BCUT2D eigenvalue weighted by atomic mass is 9.78. The molecular formula is C66H111ClF3N11O11. The molecule has 0 bridgehead atoms. The second-order valence-corrected chi connectivity index (χ2v) is 29.2. The molecule has 2 saturated heterocycles. The topological polar surface area (TPSA) is 250 Å². The quantitative estimate of drug-likeness (QED) is 0.190. The summed E-state index contributed by atoms with van der Waals surface area (Å²) in [6, 6.07) is -7.64. The second-order valence-electron chi connectivity index (χ2n) is 28.7. The summed E-state index contributed by atoms with van der Waals surface area (Å²) in [6.07, 6.45) is 1.30. The Morgan fingerprint density at radius 2 is 1.21 bits per heavy atom. The first-order valence-corrected chi connectivity index (χ1v) is 33.9. The fraction of sp³-hybridized carbons (Fsp3) is 0.833. The van der Waals surface area contributed by atoms with Gasteiger partial charge >= 0.3 is 6.18 Å². The minimum Gasteiger partial charge on any atom is -0.343 e. The number of halogens is 4. The second kappa shape index (κ2) is 34.6. The van der Waals surface area contributed by atoms with E-state index < -0.39 is 162 Å². The third-order valence-electron chi connectivity index (χ3n) is 19.8. The summed E-state index contributed by atoms with van der Waals surface area (Å²) < 4.78 is 41.8. The number of nitrogens with zero attached hydrogens (tertiary/aromatic N) is 8. The molecule has 0 radical (unpaired) electrons. The number of carbonyl (C=O) groups excluding carboxylic acids is 11. The molecule has 0 aromatic carbocycles. The zero-order valence-electron chi connectivity index (χ0n) is 58.1. The lowest BCUT2D eigenvalue weighted by molar-refractivity contribution is -0.182. The third-order valence-corrected chi connectivity index (χ3v) is 20.3. The third kappa shape index (κ3) is 21.1. The lowest BCUT2D eigenvalue weighted by Gasteiger charge is -2.41. The zero-order valence-corrected chi connectivity index (χ0v) is 58.8. The van der Waals surface area contributed by atoms with Crippen LogP contribution in [0.5, 0.6) is 0 Å². The fourth-order valence-corrected chi connectivity index (χ4v) is 14.4. The number of hydrogen-bond acceptors (Lipinski definition) is 11. The van der Waals surface area contributed by atoms with Gasteiger partial charge in [0.15, 0.2) is 0 Å². The van der Waals surface area contributed by atoms with Crippen LogP contribution in [0.1, 0.15) is 178 Å². The van der Waals surface area contributed by atoms with Gasteiger partial charge in [-0.25, -0.2) is 0 Å². The number of hydrogen-bond donors (Lipinski definition) is 3. The van der Waals surface area contributed by atoms with E-state index in [1.165, 1.54) is 78.7 Å². The Balaban J connectivity index is 1.82. The molecule has 2 aliphatic carbocycles. The maximum Gasteiger partial charge on any atom is 0.393 e. The summed E-state index contributed by atoms with van der Waals surface area (Å²) in [5, 5.41) is 7.47. The molecule has 92 heavy (non-hydrogen) atoms. The molecular weight excluding hydrogens is 1220 g/mol. The molecule has 4 rings (SSSR count). The average Bonchev–Trinajstić information content (AvgIpc) is 1.17. The smallest absolute Gasteiger partial charge is 0.343 e. The van der Waals surface area contributed by atoms with Crippen molar-refractivity contribution >= 4 is 76.6 Å². The van der Waals surface area contributed by atoms with E-state index in [9.17, 15) is 56.3 Å². The van der Waals surface area contributed by atoms with Gasteiger partial charge < -0.3 is 55.1 Å². The van der Waals surface area contributed by atoms with Gasteiger partial charge in [-0.3, -0.25) is 52.7 Å². The summed E-state index contributed by atoms with van der Waals surface area (Å²) in [5.41, 5.74) is -1.65. The van der Waals surface area contributed by atoms with Crippen molar-refractivity contribution in [1.82, 2.24) is 55.1 Å². The van der Waals surface area contributed by atoms with Crippen molar-refractivity contribution in [3.8, 4) is 0 Å². The number of rotatable bonds is 12. The predicted octanol–water partition coefficient (Wildman–Crippen LogP) is 6.06. The Kier molecular flexibility index (Phi) is 29.6. The molecule has 12 atom stereocenters. The van der Waals surface area contributed by atoms with Crippen LogP contribution in [0.15, 0.2) is 0 Å². The van der Waals surface area contributed by atoms with Crippen LogP contribution in [0, 0.1) is 41.4 Å². The molecule has 4 fully saturated rings. The van der Waals surface area contributed by atoms with Crippen molar-refractivity contribution in [2.24, 2.45) is 41.4 Å². The molecule has 11 amide bonds. The number of likely N-dealkylation sites (N-methyl/N-ethyl adjacent to an activating group) is 7. The van der Waals surface area contributed by atoms with Crippen molar-refractivity contribution < 1.29 is 65.9 Å². The van der Waals surface area contributed by atoms with Gasteiger partial charge in [-0.15, -0.1) is 11.6 Å². The first-order valence-electron chi connectivity index (χ1n) is 33.5. The maximum absolute atomic E-state index is 15.1. The largest absolute Gasteiger partial charge is 0.393 e. The molecule has 524 valence electrons. The molecule has 4 unspecified atom stereocenters. The van der Waals surface area contributed by atoms with Gasteiger partial charge in [0.25, 0.3) is 0 Å². The minimum atomic E-state index is -4.50. The number of alkyl halides is 4. The van der Waals surface area contributed by atoms with E-state index in [0.29, 0.717) is 12.8 Å². The van der Waals surface area contributed by atoms with Crippen LogP contribution in [0.25, 0.3) is 0 Å². The molecule has 2 heterocycles. The van der Waals surface area contributed by atoms with Gasteiger partial charge in [0.1, 0.15) is 41.8 Å². The van der Waals surface area contributed by atoms with E-state index in [1.54, 1.807) is 34.6 Å². The molecule has 0 aromatic rings. The highest BCUT2D eigenvalue weighted by atomic mass is 35.5. The average molecular weight is 1330 g/mol. The number of carbonyl (C=O) groups is 11. The van der Waals surface area contributed by atoms with Crippen LogP contribution in [-0.4, -0.2) is 239 Å². The van der Waals surface area contributed by atoms with Gasteiger partial charge in [0.2, 0.25) is 65.0 Å². The Bertz CT molecular complexity index is 2590. The number of amides is 11. The number of fused-ring (bicyclic) bond motifs is 1. The molecule has 0 spiro atoms. The Hall–Kier alpha value is -5.75. The van der Waals surface area contributed by atoms with Crippen molar-refractivity contribution in [3.63, 3.8) is 0 Å². The lowest BCUT2D eigenvalue weighted by Crippen LogP contribution is -2.64. The van der Waals surface area contributed by atoms with Gasteiger partial charge in [0.05, 0.1) is 25.6 Å². The Morgan fingerprint density at radius 1 is 0.609 bits per heavy atom. The van der Waals surface area contributed by atoms with E-state index >= 15 is 9.59 Å². The normalized spacial score (nSPS) is 30.0. The monoisotopic (exact) mass is 1330 g/mol. The van der Waals surface area contributed by atoms with Gasteiger partial charge in [-0.1, -0.05) is 93.9 Å². The highest BCUT2D eigenvalue weighted by molar-refractivity contribution is 6.20. The van der Waals surface area contributed by atoms with E-state index in [2.05, 4.69) is 16.0 Å². The SMILES string of the molecule is CC[C@H](C)[C@@H]1NC(=O)[C@H](CC(C)C)N(C)C(=O)C[C@@H](C)N(C)C(=O)[C@H](C(C)C)N(C)C(=O)[C@](C)(CC(C)C)NC(=O)[C@@H]2CCCN2C(=O)C(CCC2CCC(C(F)(F)F)C(Cl)C2)NC(=O)CN(C)C(=O)[C@H](CC2CCCCC2)N(C)C(=O)CN(C)C(=O)CN(C)C1=O. The summed E-state index contributed by atoms with van der Waals surface area (Å²) in [7, 11) is 10.1. The Labute approximate surface area is 550 Å². The first-order chi connectivity index (χ1) is 42.8. The van der Waals surface area contributed by atoms with Crippen LogP contribution in [0.4, 0.5) is 13.2 Å². The minimum absolute atomic E-state index is 0.00721.